The number of rotatable bonds is 3. The van der Waals surface area contributed by atoms with Crippen molar-refractivity contribution in [2.45, 2.75) is 38.8 Å². The van der Waals surface area contributed by atoms with Crippen LogP contribution >= 0.6 is 11.3 Å². The molecule has 3 heterocycles. The van der Waals surface area contributed by atoms with Crippen molar-refractivity contribution in [3.63, 3.8) is 0 Å². The summed E-state index contributed by atoms with van der Waals surface area (Å²) in [6, 6.07) is 10.5. The standard InChI is InChI=1S/C20H24N4OS/c1-11-13(3)26-20-17(11)19(25)22-18(23-20)12(2)24-9-15(16(21)10-24)14-7-5-4-6-8-14/h4-8,12,15-16H,9-10,21H2,1-3H3,(H,22,23,25)/t12?,15-,16+/m0/s1. The number of hydrogen-bond donors (Lipinski definition) is 2. The minimum absolute atomic E-state index is 0.0228. The molecule has 0 aliphatic carbocycles. The third-order valence-electron chi connectivity index (χ3n) is 5.62. The molecule has 2 aromatic heterocycles. The first-order valence-electron chi connectivity index (χ1n) is 9.00. The molecule has 1 fully saturated rings. The number of aromatic amines is 1. The van der Waals surface area contributed by atoms with Gasteiger partial charge in [0.05, 0.1) is 11.4 Å². The van der Waals surface area contributed by atoms with Crippen molar-refractivity contribution in [2.24, 2.45) is 5.73 Å². The zero-order valence-corrected chi connectivity index (χ0v) is 16.1. The number of H-pyrrole nitrogens is 1. The third kappa shape index (κ3) is 2.88. The predicted octanol–water partition coefficient (Wildman–Crippen LogP) is 3.09. The summed E-state index contributed by atoms with van der Waals surface area (Å²) in [6.07, 6.45) is 0. The number of fused-ring (bicyclic) bond motifs is 1. The van der Waals surface area contributed by atoms with Crippen LogP contribution in [0.3, 0.4) is 0 Å². The summed E-state index contributed by atoms with van der Waals surface area (Å²) in [5, 5.41) is 0.726. The highest BCUT2D eigenvalue weighted by atomic mass is 32.1. The van der Waals surface area contributed by atoms with E-state index in [1.807, 2.05) is 19.9 Å². The number of hydrogen-bond acceptors (Lipinski definition) is 5. The minimum atomic E-state index is -0.0400. The van der Waals surface area contributed by atoms with Gasteiger partial charge < -0.3 is 10.7 Å². The van der Waals surface area contributed by atoms with Gasteiger partial charge in [0.2, 0.25) is 0 Å². The second-order valence-electron chi connectivity index (χ2n) is 7.23. The highest BCUT2D eigenvalue weighted by molar-refractivity contribution is 7.18. The first-order chi connectivity index (χ1) is 12.5. The number of aryl methyl sites for hydroxylation is 2. The van der Waals surface area contributed by atoms with E-state index >= 15 is 0 Å². The Balaban J connectivity index is 1.63. The number of nitrogens with one attached hydrogen (secondary N) is 1. The van der Waals surface area contributed by atoms with Crippen molar-refractivity contribution in [2.75, 3.05) is 13.1 Å². The molecule has 6 heteroatoms. The summed E-state index contributed by atoms with van der Waals surface area (Å²) in [4.78, 5) is 24.6. The fourth-order valence-electron chi connectivity index (χ4n) is 3.87. The Morgan fingerprint density at radius 2 is 2.00 bits per heavy atom. The summed E-state index contributed by atoms with van der Waals surface area (Å²) in [5.41, 5.74) is 8.70. The third-order valence-corrected chi connectivity index (χ3v) is 6.72. The van der Waals surface area contributed by atoms with Gasteiger partial charge in [-0.2, -0.15) is 0 Å². The molecule has 0 bridgehead atoms. The molecular formula is C20H24N4OS. The Morgan fingerprint density at radius 1 is 1.27 bits per heavy atom. The zero-order chi connectivity index (χ0) is 18.4. The maximum atomic E-state index is 12.6. The van der Waals surface area contributed by atoms with Gasteiger partial charge in [-0.1, -0.05) is 30.3 Å². The monoisotopic (exact) mass is 368 g/mol. The summed E-state index contributed by atoms with van der Waals surface area (Å²) < 4.78 is 0. The van der Waals surface area contributed by atoms with Crippen LogP contribution in [-0.2, 0) is 0 Å². The molecule has 0 radical (unpaired) electrons. The SMILES string of the molecule is Cc1sc2nc(C(C)N3C[C@@H](N)[C@H](c4ccccc4)C3)[nH]c(=O)c2c1C. The molecule has 0 amide bonds. The molecule has 0 saturated carbocycles. The topological polar surface area (TPSA) is 75.0 Å². The number of aromatic nitrogens is 2. The van der Waals surface area contributed by atoms with Crippen molar-refractivity contribution < 1.29 is 0 Å². The van der Waals surface area contributed by atoms with E-state index in [0.717, 1.165) is 39.6 Å². The Morgan fingerprint density at radius 3 is 2.73 bits per heavy atom. The quantitative estimate of drug-likeness (QED) is 0.745. The van der Waals surface area contributed by atoms with Crippen LogP contribution in [0.4, 0.5) is 0 Å². The van der Waals surface area contributed by atoms with Gasteiger partial charge in [-0.25, -0.2) is 4.98 Å². The van der Waals surface area contributed by atoms with Crippen LogP contribution in [0.1, 0.15) is 40.7 Å². The van der Waals surface area contributed by atoms with E-state index in [-0.39, 0.29) is 17.6 Å². The number of thiophene rings is 1. The van der Waals surface area contributed by atoms with Crippen LogP contribution in [0.15, 0.2) is 35.1 Å². The summed E-state index contributed by atoms with van der Waals surface area (Å²) in [6.45, 7) is 7.78. The van der Waals surface area contributed by atoms with Gasteiger partial charge in [0, 0.05) is 29.9 Å². The molecule has 136 valence electrons. The zero-order valence-electron chi connectivity index (χ0n) is 15.3. The number of nitrogens with two attached hydrogens (primary N) is 1. The van der Waals surface area contributed by atoms with E-state index in [1.165, 1.54) is 5.56 Å². The molecule has 0 spiro atoms. The number of nitrogens with zero attached hydrogens (tertiary/aromatic N) is 2. The van der Waals surface area contributed by atoms with E-state index in [0.29, 0.717) is 5.92 Å². The molecule has 1 aliphatic heterocycles. The van der Waals surface area contributed by atoms with E-state index in [2.05, 4.69) is 41.1 Å². The van der Waals surface area contributed by atoms with Crippen LogP contribution < -0.4 is 11.3 Å². The van der Waals surface area contributed by atoms with Crippen LogP contribution in [0.5, 0.6) is 0 Å². The molecule has 1 unspecified atom stereocenters. The average Bonchev–Trinajstić information content (AvgIpc) is 3.15. The molecule has 3 atom stereocenters. The Hall–Kier alpha value is -2.02. The maximum absolute atomic E-state index is 12.6. The molecule has 3 N–H and O–H groups in total. The molecule has 3 aromatic rings. The fourth-order valence-corrected chi connectivity index (χ4v) is 4.91. The smallest absolute Gasteiger partial charge is 0.259 e. The van der Waals surface area contributed by atoms with Crippen LogP contribution in [0.2, 0.25) is 0 Å². The highest BCUT2D eigenvalue weighted by Crippen LogP contribution is 2.32. The van der Waals surface area contributed by atoms with Crippen LogP contribution in [-0.4, -0.2) is 34.0 Å². The van der Waals surface area contributed by atoms with Gasteiger partial charge in [0.1, 0.15) is 10.7 Å². The normalized spacial score (nSPS) is 22.2. The van der Waals surface area contributed by atoms with Crippen molar-refractivity contribution in [1.82, 2.24) is 14.9 Å². The molecule has 1 aromatic carbocycles. The molecule has 26 heavy (non-hydrogen) atoms. The lowest BCUT2D eigenvalue weighted by Crippen LogP contribution is -2.31. The summed E-state index contributed by atoms with van der Waals surface area (Å²) >= 11 is 1.59. The summed E-state index contributed by atoms with van der Waals surface area (Å²) in [5.74, 6) is 1.03. The van der Waals surface area contributed by atoms with Gasteiger partial charge in [0.25, 0.3) is 5.56 Å². The molecule has 4 rings (SSSR count). The van der Waals surface area contributed by atoms with Crippen LogP contribution in [0.25, 0.3) is 10.2 Å². The average molecular weight is 369 g/mol. The second kappa shape index (κ2) is 6.61. The van der Waals surface area contributed by atoms with Crippen molar-refractivity contribution in [3.05, 3.63) is 62.5 Å². The van der Waals surface area contributed by atoms with E-state index < -0.39 is 0 Å². The Bertz CT molecular complexity index is 994. The van der Waals surface area contributed by atoms with Gasteiger partial charge in [-0.15, -0.1) is 11.3 Å². The number of likely N-dealkylation sites (tertiary alicyclic amines) is 1. The molecule has 5 nitrogen and oxygen atoms in total. The van der Waals surface area contributed by atoms with Crippen LogP contribution in [0, 0.1) is 13.8 Å². The lowest BCUT2D eigenvalue weighted by Gasteiger charge is -2.23. The lowest BCUT2D eigenvalue weighted by atomic mass is 9.95. The highest BCUT2D eigenvalue weighted by Gasteiger charge is 2.34. The van der Waals surface area contributed by atoms with E-state index in [4.69, 9.17) is 10.7 Å². The van der Waals surface area contributed by atoms with E-state index in [1.54, 1.807) is 11.3 Å². The molecular weight excluding hydrogens is 344 g/mol. The fraction of sp³-hybridized carbons (Fsp3) is 0.400. The van der Waals surface area contributed by atoms with Gasteiger partial charge in [-0.05, 0) is 31.9 Å². The van der Waals surface area contributed by atoms with Gasteiger partial charge in [0.15, 0.2) is 0 Å². The minimum Gasteiger partial charge on any atom is -0.326 e. The Kier molecular flexibility index (Phi) is 4.42. The predicted molar refractivity (Wildman–Crippen MR) is 107 cm³/mol. The summed E-state index contributed by atoms with van der Waals surface area (Å²) in [7, 11) is 0. The maximum Gasteiger partial charge on any atom is 0.259 e. The Labute approximate surface area is 156 Å². The first-order valence-corrected chi connectivity index (χ1v) is 9.82. The molecule has 1 saturated heterocycles. The van der Waals surface area contributed by atoms with Gasteiger partial charge in [-0.3, -0.25) is 9.69 Å². The largest absolute Gasteiger partial charge is 0.326 e. The van der Waals surface area contributed by atoms with Crippen molar-refractivity contribution in [3.8, 4) is 0 Å². The second-order valence-corrected chi connectivity index (χ2v) is 8.43. The van der Waals surface area contributed by atoms with Gasteiger partial charge >= 0.3 is 0 Å². The molecule has 1 aliphatic rings. The first kappa shape index (κ1) is 17.4. The van der Waals surface area contributed by atoms with E-state index in [9.17, 15) is 4.79 Å². The van der Waals surface area contributed by atoms with Crippen molar-refractivity contribution in [1.29, 1.82) is 0 Å². The van der Waals surface area contributed by atoms with Crippen molar-refractivity contribution >= 4 is 21.6 Å². The lowest BCUT2D eigenvalue weighted by molar-refractivity contribution is 0.248. The number of benzene rings is 1.